The molecule has 0 saturated carbocycles. The highest BCUT2D eigenvalue weighted by Gasteiger charge is 2.17. The first-order valence-corrected chi connectivity index (χ1v) is 5.27. The van der Waals surface area contributed by atoms with Crippen LogP contribution in [0.2, 0.25) is 0 Å². The summed E-state index contributed by atoms with van der Waals surface area (Å²) >= 11 is 0. The quantitative estimate of drug-likeness (QED) is 0.373. The molecule has 0 aliphatic heterocycles. The van der Waals surface area contributed by atoms with E-state index in [4.69, 9.17) is 5.21 Å². The summed E-state index contributed by atoms with van der Waals surface area (Å²) in [5.74, 6) is 0. The van der Waals surface area contributed by atoms with Gasteiger partial charge in [-0.2, -0.15) is 0 Å². The third kappa shape index (κ3) is 1.31. The molecule has 2 aromatic rings. The highest BCUT2D eigenvalue weighted by molar-refractivity contribution is 5.84. The minimum Gasteiger partial charge on any atom is -0.411 e. The second-order valence-corrected chi connectivity index (χ2v) is 4.00. The molecule has 0 heterocycles. The highest BCUT2D eigenvalue weighted by atomic mass is 16.4. The van der Waals surface area contributed by atoms with E-state index in [1.165, 1.54) is 28.5 Å². The van der Waals surface area contributed by atoms with E-state index in [0.29, 0.717) is 0 Å². The molecule has 1 aliphatic rings. The summed E-state index contributed by atoms with van der Waals surface area (Å²) in [6, 6.07) is 14.6. The maximum atomic E-state index is 8.51. The predicted molar refractivity (Wildman–Crippen MR) is 64.1 cm³/mol. The number of nitrogens with zero attached hydrogens (tertiary/aromatic N) is 1. The van der Waals surface area contributed by atoms with Crippen LogP contribution in [-0.2, 0) is 6.42 Å². The maximum Gasteiger partial charge on any atom is 0.0733 e. The first kappa shape index (κ1) is 9.16. The van der Waals surface area contributed by atoms with Gasteiger partial charge in [0.2, 0.25) is 0 Å². The number of fused-ring (bicyclic) bond motifs is 3. The molecule has 3 rings (SSSR count). The topological polar surface area (TPSA) is 32.6 Å². The van der Waals surface area contributed by atoms with Crippen molar-refractivity contribution >= 4 is 6.21 Å². The molecule has 0 radical (unpaired) electrons. The highest BCUT2D eigenvalue weighted by Crippen LogP contribution is 2.36. The van der Waals surface area contributed by atoms with Crippen LogP contribution in [0.1, 0.15) is 16.7 Å². The zero-order valence-electron chi connectivity index (χ0n) is 8.72. The molecule has 0 bridgehead atoms. The molecule has 1 N–H and O–H groups in total. The fourth-order valence-corrected chi connectivity index (χ4v) is 2.31. The van der Waals surface area contributed by atoms with E-state index in [1.807, 2.05) is 6.07 Å². The molecule has 2 aromatic carbocycles. The van der Waals surface area contributed by atoms with Gasteiger partial charge in [-0.05, 0) is 40.3 Å². The van der Waals surface area contributed by atoms with Gasteiger partial charge >= 0.3 is 0 Å². The van der Waals surface area contributed by atoms with E-state index in [9.17, 15) is 0 Å². The molecule has 0 spiro atoms. The van der Waals surface area contributed by atoms with E-state index in [2.05, 4.69) is 41.6 Å². The van der Waals surface area contributed by atoms with E-state index >= 15 is 0 Å². The van der Waals surface area contributed by atoms with Crippen molar-refractivity contribution in [1.29, 1.82) is 0 Å². The largest absolute Gasteiger partial charge is 0.411 e. The molecule has 78 valence electrons. The van der Waals surface area contributed by atoms with Gasteiger partial charge in [0.25, 0.3) is 0 Å². The second-order valence-electron chi connectivity index (χ2n) is 4.00. The predicted octanol–water partition coefficient (Wildman–Crippen LogP) is 3.07. The zero-order chi connectivity index (χ0) is 11.0. The van der Waals surface area contributed by atoms with Crippen LogP contribution >= 0.6 is 0 Å². The average Bonchev–Trinajstić information content (AvgIpc) is 2.67. The minimum atomic E-state index is 0.939. The fraction of sp³-hybridized carbons (Fsp3) is 0.0714. The first-order chi connectivity index (χ1) is 7.88. The average molecular weight is 209 g/mol. The summed E-state index contributed by atoms with van der Waals surface area (Å²) in [6.07, 6.45) is 2.43. The molecule has 0 aromatic heterocycles. The van der Waals surface area contributed by atoms with Crippen LogP contribution in [0.3, 0.4) is 0 Å². The fourth-order valence-electron chi connectivity index (χ4n) is 2.31. The van der Waals surface area contributed by atoms with Crippen molar-refractivity contribution in [2.75, 3.05) is 0 Å². The van der Waals surface area contributed by atoms with Crippen molar-refractivity contribution in [1.82, 2.24) is 0 Å². The van der Waals surface area contributed by atoms with Gasteiger partial charge in [0.15, 0.2) is 0 Å². The molecule has 2 heteroatoms. The van der Waals surface area contributed by atoms with E-state index < -0.39 is 0 Å². The van der Waals surface area contributed by atoms with Crippen LogP contribution in [0.5, 0.6) is 0 Å². The molecule has 16 heavy (non-hydrogen) atoms. The number of benzene rings is 2. The number of rotatable bonds is 1. The Morgan fingerprint density at radius 3 is 2.69 bits per heavy atom. The minimum absolute atomic E-state index is 0.939. The monoisotopic (exact) mass is 209 g/mol. The molecule has 0 saturated heterocycles. The lowest BCUT2D eigenvalue weighted by molar-refractivity contribution is 0.322. The van der Waals surface area contributed by atoms with Crippen molar-refractivity contribution in [3.05, 3.63) is 59.2 Å². The van der Waals surface area contributed by atoms with Gasteiger partial charge in [0, 0.05) is 0 Å². The Morgan fingerprint density at radius 1 is 1.00 bits per heavy atom. The standard InChI is InChI=1S/C14H11NO/c16-15-9-10-5-6-14-12(7-10)8-11-3-1-2-4-13(11)14/h1-7,9,16H,8H2. The van der Waals surface area contributed by atoms with Gasteiger partial charge in [-0.25, -0.2) is 0 Å². The molecule has 2 nitrogen and oxygen atoms in total. The van der Waals surface area contributed by atoms with Crippen molar-refractivity contribution in [2.24, 2.45) is 5.16 Å². The lowest BCUT2D eigenvalue weighted by Crippen LogP contribution is -1.85. The van der Waals surface area contributed by atoms with Crippen LogP contribution in [0.15, 0.2) is 47.6 Å². The lowest BCUT2D eigenvalue weighted by atomic mass is 10.0. The van der Waals surface area contributed by atoms with Crippen LogP contribution in [-0.4, -0.2) is 11.4 Å². The first-order valence-electron chi connectivity index (χ1n) is 5.27. The maximum absolute atomic E-state index is 8.51. The van der Waals surface area contributed by atoms with Crippen molar-refractivity contribution in [2.45, 2.75) is 6.42 Å². The van der Waals surface area contributed by atoms with E-state index in [0.717, 1.165) is 12.0 Å². The molecule has 0 atom stereocenters. The third-order valence-electron chi connectivity index (χ3n) is 3.02. The molecule has 0 unspecified atom stereocenters. The lowest BCUT2D eigenvalue weighted by Gasteiger charge is -2.00. The SMILES string of the molecule is ON=Cc1ccc2c(c1)Cc1ccccc1-2. The number of hydrogen-bond acceptors (Lipinski definition) is 2. The Balaban J connectivity index is 2.14. The van der Waals surface area contributed by atoms with Gasteiger partial charge in [0.1, 0.15) is 0 Å². The van der Waals surface area contributed by atoms with Crippen molar-refractivity contribution in [3.63, 3.8) is 0 Å². The zero-order valence-corrected chi connectivity index (χ0v) is 8.72. The molecular formula is C14H11NO. The summed E-state index contributed by atoms with van der Waals surface area (Å²) < 4.78 is 0. The number of hydrogen-bond donors (Lipinski definition) is 1. The van der Waals surface area contributed by atoms with E-state index in [1.54, 1.807) is 0 Å². The third-order valence-corrected chi connectivity index (χ3v) is 3.02. The van der Waals surface area contributed by atoms with E-state index in [-0.39, 0.29) is 0 Å². The summed E-state index contributed by atoms with van der Waals surface area (Å²) in [5.41, 5.74) is 6.24. The second kappa shape index (κ2) is 3.49. The van der Waals surface area contributed by atoms with Gasteiger partial charge in [0.05, 0.1) is 6.21 Å². The van der Waals surface area contributed by atoms with Gasteiger partial charge in [-0.1, -0.05) is 41.6 Å². The Morgan fingerprint density at radius 2 is 1.81 bits per heavy atom. The van der Waals surface area contributed by atoms with Gasteiger partial charge in [-0.3, -0.25) is 0 Å². The summed E-state index contributed by atoms with van der Waals surface area (Å²) in [6.45, 7) is 0. The molecule has 0 fully saturated rings. The smallest absolute Gasteiger partial charge is 0.0733 e. The Bertz CT molecular complexity index is 573. The van der Waals surface area contributed by atoms with Crippen molar-refractivity contribution < 1.29 is 5.21 Å². The Labute approximate surface area is 93.9 Å². The summed E-state index contributed by atoms with van der Waals surface area (Å²) in [7, 11) is 0. The van der Waals surface area contributed by atoms with Crippen LogP contribution < -0.4 is 0 Å². The van der Waals surface area contributed by atoms with Crippen LogP contribution in [0, 0.1) is 0 Å². The Hall–Kier alpha value is -2.09. The molecule has 0 amide bonds. The van der Waals surface area contributed by atoms with Gasteiger partial charge < -0.3 is 5.21 Å². The van der Waals surface area contributed by atoms with Crippen LogP contribution in [0.4, 0.5) is 0 Å². The Kier molecular flexibility index (Phi) is 2.00. The summed E-state index contributed by atoms with van der Waals surface area (Å²) in [4.78, 5) is 0. The summed E-state index contributed by atoms with van der Waals surface area (Å²) in [5, 5.41) is 11.6. The number of oxime groups is 1. The normalized spacial score (nSPS) is 12.8. The molecular weight excluding hydrogens is 198 g/mol. The van der Waals surface area contributed by atoms with Gasteiger partial charge in [-0.15, -0.1) is 0 Å². The van der Waals surface area contributed by atoms with Crippen molar-refractivity contribution in [3.8, 4) is 11.1 Å². The molecule has 1 aliphatic carbocycles. The van der Waals surface area contributed by atoms with Crippen LogP contribution in [0.25, 0.3) is 11.1 Å².